The molecular weight excluding hydrogens is 150 g/mol. The van der Waals surface area contributed by atoms with Crippen molar-refractivity contribution in [3.63, 3.8) is 0 Å². The van der Waals surface area contributed by atoms with Gasteiger partial charge in [0.05, 0.1) is 5.60 Å². The number of aromatic nitrogens is 1. The number of pyridine rings is 1. The SMILES string of the molecule is OC1(CCc2ccccn2)CC1. The molecule has 2 rings (SSSR count). The van der Waals surface area contributed by atoms with Crippen LogP contribution in [-0.4, -0.2) is 15.7 Å². The number of hydrogen-bond donors (Lipinski definition) is 1. The summed E-state index contributed by atoms with van der Waals surface area (Å²) in [7, 11) is 0. The molecule has 0 bridgehead atoms. The molecule has 1 aromatic heterocycles. The molecule has 0 spiro atoms. The van der Waals surface area contributed by atoms with E-state index in [-0.39, 0.29) is 5.60 Å². The summed E-state index contributed by atoms with van der Waals surface area (Å²) in [5, 5.41) is 9.56. The summed E-state index contributed by atoms with van der Waals surface area (Å²) in [6, 6.07) is 5.90. The molecular formula is C10H13NO. The smallest absolute Gasteiger partial charge is 0.0653 e. The third-order valence-electron chi connectivity index (χ3n) is 2.40. The van der Waals surface area contributed by atoms with Crippen LogP contribution >= 0.6 is 0 Å². The lowest BCUT2D eigenvalue weighted by Gasteiger charge is -2.05. The van der Waals surface area contributed by atoms with Gasteiger partial charge in [-0.1, -0.05) is 6.07 Å². The quantitative estimate of drug-likeness (QED) is 0.733. The van der Waals surface area contributed by atoms with Crippen molar-refractivity contribution in [1.82, 2.24) is 4.98 Å². The second-order valence-corrected chi connectivity index (χ2v) is 3.55. The fraction of sp³-hybridized carbons (Fsp3) is 0.500. The Hall–Kier alpha value is -0.890. The van der Waals surface area contributed by atoms with Crippen molar-refractivity contribution in [3.05, 3.63) is 30.1 Å². The first-order chi connectivity index (χ1) is 5.79. The van der Waals surface area contributed by atoms with Crippen LogP contribution in [0.15, 0.2) is 24.4 Å². The van der Waals surface area contributed by atoms with E-state index in [1.807, 2.05) is 18.2 Å². The van der Waals surface area contributed by atoms with Crippen LogP contribution in [-0.2, 0) is 6.42 Å². The molecule has 2 heteroatoms. The second-order valence-electron chi connectivity index (χ2n) is 3.55. The van der Waals surface area contributed by atoms with Crippen molar-refractivity contribution >= 4 is 0 Å². The molecule has 0 radical (unpaired) electrons. The lowest BCUT2D eigenvalue weighted by atomic mass is 10.1. The zero-order valence-electron chi connectivity index (χ0n) is 7.03. The van der Waals surface area contributed by atoms with Crippen LogP contribution in [0.5, 0.6) is 0 Å². The third kappa shape index (κ3) is 1.83. The summed E-state index contributed by atoms with van der Waals surface area (Å²) in [5.41, 5.74) is 0.746. The minimum absolute atomic E-state index is 0.336. The van der Waals surface area contributed by atoms with Crippen LogP contribution in [0.4, 0.5) is 0 Å². The Bertz CT molecular complexity index is 254. The molecule has 2 nitrogen and oxygen atoms in total. The Morgan fingerprint density at radius 2 is 2.25 bits per heavy atom. The largest absolute Gasteiger partial charge is 0.390 e. The predicted octanol–water partition coefficient (Wildman–Crippen LogP) is 1.54. The van der Waals surface area contributed by atoms with Gasteiger partial charge in [-0.2, -0.15) is 0 Å². The maximum atomic E-state index is 9.56. The van der Waals surface area contributed by atoms with Gasteiger partial charge in [0.15, 0.2) is 0 Å². The van der Waals surface area contributed by atoms with Crippen molar-refractivity contribution in [2.45, 2.75) is 31.3 Å². The third-order valence-corrected chi connectivity index (χ3v) is 2.40. The molecule has 1 saturated carbocycles. The summed E-state index contributed by atoms with van der Waals surface area (Å²) in [4.78, 5) is 4.20. The molecule has 0 atom stereocenters. The van der Waals surface area contributed by atoms with E-state index in [2.05, 4.69) is 4.98 Å². The molecule has 1 aliphatic rings. The van der Waals surface area contributed by atoms with Crippen LogP contribution in [0.3, 0.4) is 0 Å². The highest BCUT2D eigenvalue weighted by Gasteiger charge is 2.39. The fourth-order valence-corrected chi connectivity index (χ4v) is 1.30. The van der Waals surface area contributed by atoms with E-state index in [1.54, 1.807) is 6.20 Å². The molecule has 0 amide bonds. The summed E-state index contributed by atoms with van der Waals surface area (Å²) >= 11 is 0. The van der Waals surface area contributed by atoms with Crippen LogP contribution < -0.4 is 0 Å². The van der Waals surface area contributed by atoms with Gasteiger partial charge < -0.3 is 5.11 Å². The van der Waals surface area contributed by atoms with E-state index in [0.717, 1.165) is 31.4 Å². The van der Waals surface area contributed by atoms with E-state index >= 15 is 0 Å². The molecule has 1 N–H and O–H groups in total. The van der Waals surface area contributed by atoms with Gasteiger partial charge >= 0.3 is 0 Å². The van der Waals surface area contributed by atoms with Gasteiger partial charge in [-0.3, -0.25) is 4.98 Å². The Balaban J connectivity index is 1.88. The summed E-state index contributed by atoms with van der Waals surface area (Å²) < 4.78 is 0. The minimum atomic E-state index is -0.336. The summed E-state index contributed by atoms with van der Waals surface area (Å²) in [6.07, 6.45) is 5.51. The maximum absolute atomic E-state index is 9.56. The van der Waals surface area contributed by atoms with E-state index in [1.165, 1.54) is 0 Å². The summed E-state index contributed by atoms with van der Waals surface area (Å²) in [5.74, 6) is 0. The highest BCUT2D eigenvalue weighted by molar-refractivity contribution is 5.06. The molecule has 1 heterocycles. The Kier molecular flexibility index (Phi) is 1.85. The van der Waals surface area contributed by atoms with Crippen molar-refractivity contribution in [1.29, 1.82) is 0 Å². The fourth-order valence-electron chi connectivity index (χ4n) is 1.30. The average Bonchev–Trinajstić information content (AvgIpc) is 2.84. The van der Waals surface area contributed by atoms with Crippen LogP contribution in [0.1, 0.15) is 25.0 Å². The normalized spacial score (nSPS) is 19.1. The minimum Gasteiger partial charge on any atom is -0.390 e. The van der Waals surface area contributed by atoms with Crippen molar-refractivity contribution in [2.24, 2.45) is 0 Å². The van der Waals surface area contributed by atoms with Crippen molar-refractivity contribution in [2.75, 3.05) is 0 Å². The second kappa shape index (κ2) is 2.87. The van der Waals surface area contributed by atoms with Gasteiger partial charge in [0.25, 0.3) is 0 Å². The monoisotopic (exact) mass is 163 g/mol. The summed E-state index contributed by atoms with van der Waals surface area (Å²) in [6.45, 7) is 0. The number of aryl methyl sites for hydroxylation is 1. The molecule has 0 aromatic carbocycles. The highest BCUT2D eigenvalue weighted by Crippen LogP contribution is 2.38. The molecule has 1 aromatic rings. The van der Waals surface area contributed by atoms with Gasteiger partial charge in [-0.05, 0) is 37.8 Å². The number of hydrogen-bond acceptors (Lipinski definition) is 2. The molecule has 64 valence electrons. The van der Waals surface area contributed by atoms with E-state index in [4.69, 9.17) is 0 Å². The van der Waals surface area contributed by atoms with Gasteiger partial charge in [0.1, 0.15) is 0 Å². The van der Waals surface area contributed by atoms with Crippen molar-refractivity contribution < 1.29 is 5.11 Å². The molecule has 0 unspecified atom stereocenters. The van der Waals surface area contributed by atoms with Gasteiger partial charge in [0, 0.05) is 11.9 Å². The van der Waals surface area contributed by atoms with Crippen molar-refractivity contribution in [3.8, 4) is 0 Å². The molecule has 0 saturated heterocycles. The zero-order chi connectivity index (χ0) is 8.44. The average molecular weight is 163 g/mol. The molecule has 1 aliphatic carbocycles. The highest BCUT2D eigenvalue weighted by atomic mass is 16.3. The first kappa shape index (κ1) is 7.74. The Labute approximate surface area is 72.3 Å². The van der Waals surface area contributed by atoms with Gasteiger partial charge in [-0.15, -0.1) is 0 Å². The van der Waals surface area contributed by atoms with Crippen LogP contribution in [0.25, 0.3) is 0 Å². The Morgan fingerprint density at radius 1 is 1.42 bits per heavy atom. The van der Waals surface area contributed by atoms with Gasteiger partial charge in [0.2, 0.25) is 0 Å². The first-order valence-corrected chi connectivity index (χ1v) is 4.41. The number of nitrogens with zero attached hydrogens (tertiary/aromatic N) is 1. The molecule has 1 fully saturated rings. The van der Waals surface area contributed by atoms with E-state index < -0.39 is 0 Å². The number of aliphatic hydroxyl groups is 1. The molecule has 12 heavy (non-hydrogen) atoms. The lowest BCUT2D eigenvalue weighted by Crippen LogP contribution is -2.08. The first-order valence-electron chi connectivity index (χ1n) is 4.41. The van der Waals surface area contributed by atoms with E-state index in [0.29, 0.717) is 0 Å². The van der Waals surface area contributed by atoms with Gasteiger partial charge in [-0.25, -0.2) is 0 Å². The lowest BCUT2D eigenvalue weighted by molar-refractivity contribution is 0.140. The molecule has 0 aliphatic heterocycles. The standard InChI is InChI=1S/C10H13NO/c12-10(6-7-10)5-4-9-3-1-2-8-11-9/h1-3,8,12H,4-7H2. The topological polar surface area (TPSA) is 33.1 Å². The van der Waals surface area contributed by atoms with Crippen LogP contribution in [0.2, 0.25) is 0 Å². The van der Waals surface area contributed by atoms with E-state index in [9.17, 15) is 5.11 Å². The zero-order valence-corrected chi connectivity index (χ0v) is 7.03. The van der Waals surface area contributed by atoms with Crippen LogP contribution in [0, 0.1) is 0 Å². The number of rotatable bonds is 3. The Morgan fingerprint density at radius 3 is 2.83 bits per heavy atom. The predicted molar refractivity (Wildman–Crippen MR) is 46.7 cm³/mol. The maximum Gasteiger partial charge on any atom is 0.0653 e.